The molecule has 7 nitrogen and oxygen atoms in total. The Morgan fingerprint density at radius 2 is 1.83 bits per heavy atom. The predicted octanol–water partition coefficient (Wildman–Crippen LogP) is 3.08. The van der Waals surface area contributed by atoms with Crippen molar-refractivity contribution in [3.05, 3.63) is 59.9 Å². The van der Waals surface area contributed by atoms with Crippen LogP contribution in [-0.2, 0) is 10.0 Å². The fraction of sp³-hybridized carbons (Fsp3) is 0.333. The molecule has 0 aliphatic carbocycles. The van der Waals surface area contributed by atoms with Crippen molar-refractivity contribution in [3.8, 4) is 0 Å². The number of carbonyl (C=O) groups is 1. The SMILES string of the molecule is O=C(c1ccc(N2CCCS2(=O)=O)cc1)N1CCCC1c1nc2ccccc2[nH]1. The molecule has 5 rings (SSSR count). The summed E-state index contributed by atoms with van der Waals surface area (Å²) in [5, 5.41) is 0. The Bertz CT molecular complexity index is 1140. The second-order valence-corrected chi connectivity index (χ2v) is 9.60. The van der Waals surface area contributed by atoms with Gasteiger partial charge >= 0.3 is 0 Å². The lowest BCUT2D eigenvalue weighted by Crippen LogP contribution is -2.31. The van der Waals surface area contributed by atoms with Gasteiger partial charge in [0.2, 0.25) is 10.0 Å². The van der Waals surface area contributed by atoms with E-state index in [2.05, 4.69) is 9.97 Å². The van der Waals surface area contributed by atoms with E-state index in [1.165, 1.54) is 4.31 Å². The summed E-state index contributed by atoms with van der Waals surface area (Å²) in [6.45, 7) is 1.18. The molecule has 2 aliphatic heterocycles. The Kier molecular flexibility index (Phi) is 4.31. The van der Waals surface area contributed by atoms with Gasteiger partial charge in [-0.3, -0.25) is 9.10 Å². The molecule has 29 heavy (non-hydrogen) atoms. The maximum Gasteiger partial charge on any atom is 0.254 e. The van der Waals surface area contributed by atoms with Crippen LogP contribution in [0.3, 0.4) is 0 Å². The number of H-pyrrole nitrogens is 1. The molecule has 2 fully saturated rings. The number of nitrogens with one attached hydrogen (secondary N) is 1. The lowest BCUT2D eigenvalue weighted by atomic mass is 10.1. The van der Waals surface area contributed by atoms with Crippen LogP contribution in [0.4, 0.5) is 5.69 Å². The molecule has 150 valence electrons. The molecule has 1 amide bonds. The van der Waals surface area contributed by atoms with E-state index in [9.17, 15) is 13.2 Å². The second-order valence-electron chi connectivity index (χ2n) is 7.58. The maximum atomic E-state index is 13.2. The van der Waals surface area contributed by atoms with Crippen LogP contribution >= 0.6 is 0 Å². The Labute approximate surface area is 169 Å². The molecule has 1 atom stereocenters. The van der Waals surface area contributed by atoms with Crippen LogP contribution in [0.1, 0.15) is 41.5 Å². The molecule has 8 heteroatoms. The van der Waals surface area contributed by atoms with Crippen LogP contribution in [0.5, 0.6) is 0 Å². The van der Waals surface area contributed by atoms with E-state index in [1.54, 1.807) is 24.3 Å². The summed E-state index contributed by atoms with van der Waals surface area (Å²) in [7, 11) is -3.22. The van der Waals surface area contributed by atoms with E-state index in [1.807, 2.05) is 29.2 Å². The van der Waals surface area contributed by atoms with Crippen LogP contribution in [0, 0.1) is 0 Å². The van der Waals surface area contributed by atoms with Gasteiger partial charge in [0.15, 0.2) is 0 Å². The number of benzene rings is 2. The Hall–Kier alpha value is -2.87. The van der Waals surface area contributed by atoms with Crippen LogP contribution in [0.15, 0.2) is 48.5 Å². The minimum absolute atomic E-state index is 0.0521. The third kappa shape index (κ3) is 3.17. The monoisotopic (exact) mass is 410 g/mol. The zero-order valence-electron chi connectivity index (χ0n) is 15.9. The molecule has 0 spiro atoms. The van der Waals surface area contributed by atoms with E-state index in [4.69, 9.17) is 0 Å². The minimum atomic E-state index is -3.22. The van der Waals surface area contributed by atoms with E-state index in [0.717, 1.165) is 29.7 Å². The number of amides is 1. The number of nitrogens with zero attached hydrogens (tertiary/aromatic N) is 3. The van der Waals surface area contributed by atoms with Crippen molar-refractivity contribution in [2.45, 2.75) is 25.3 Å². The number of fused-ring (bicyclic) bond motifs is 1. The lowest BCUT2D eigenvalue weighted by Gasteiger charge is -2.24. The van der Waals surface area contributed by atoms with Gasteiger partial charge in [0, 0.05) is 18.7 Å². The van der Waals surface area contributed by atoms with Crippen LogP contribution in [0.2, 0.25) is 0 Å². The number of sulfonamides is 1. The molecule has 2 aliphatic rings. The van der Waals surface area contributed by atoms with Crippen molar-refractivity contribution in [2.75, 3.05) is 23.1 Å². The van der Waals surface area contributed by atoms with Crippen molar-refractivity contribution in [1.29, 1.82) is 0 Å². The van der Waals surface area contributed by atoms with Crippen molar-refractivity contribution >= 4 is 32.7 Å². The van der Waals surface area contributed by atoms with Gasteiger partial charge in [-0.2, -0.15) is 0 Å². The largest absolute Gasteiger partial charge is 0.340 e. The molecule has 1 unspecified atom stereocenters. The Morgan fingerprint density at radius 3 is 2.55 bits per heavy atom. The molecular formula is C21H22N4O3S. The summed E-state index contributed by atoms with van der Waals surface area (Å²) in [5.74, 6) is 0.946. The van der Waals surface area contributed by atoms with Gasteiger partial charge < -0.3 is 9.88 Å². The van der Waals surface area contributed by atoms with Crippen molar-refractivity contribution in [2.24, 2.45) is 0 Å². The van der Waals surface area contributed by atoms with Crippen LogP contribution in [0.25, 0.3) is 11.0 Å². The normalized spacial score (nSPS) is 21.2. The first-order valence-electron chi connectivity index (χ1n) is 9.89. The average Bonchev–Trinajstić information content (AvgIpc) is 3.44. The van der Waals surface area contributed by atoms with Crippen molar-refractivity contribution in [1.82, 2.24) is 14.9 Å². The van der Waals surface area contributed by atoms with Crippen molar-refractivity contribution in [3.63, 3.8) is 0 Å². The number of rotatable bonds is 3. The van der Waals surface area contributed by atoms with Crippen LogP contribution in [-0.4, -0.2) is 48.0 Å². The lowest BCUT2D eigenvalue weighted by molar-refractivity contribution is 0.0730. The van der Waals surface area contributed by atoms with Crippen molar-refractivity contribution < 1.29 is 13.2 Å². The molecule has 1 N–H and O–H groups in total. The van der Waals surface area contributed by atoms with Crippen LogP contribution < -0.4 is 4.31 Å². The number of anilines is 1. The highest BCUT2D eigenvalue weighted by Gasteiger charge is 2.33. The molecule has 0 saturated carbocycles. The molecule has 0 bridgehead atoms. The number of imidazole rings is 1. The third-order valence-electron chi connectivity index (χ3n) is 5.74. The zero-order chi connectivity index (χ0) is 20.0. The maximum absolute atomic E-state index is 13.2. The van der Waals surface area contributed by atoms with Gasteiger partial charge in [-0.25, -0.2) is 13.4 Å². The standard InChI is InChI=1S/C21H22N4O3S/c26-21(15-8-10-16(11-9-15)25-13-4-14-29(25,27)28)24-12-3-7-19(24)20-22-17-5-1-2-6-18(17)23-20/h1-2,5-6,8-11,19H,3-4,7,12-14H2,(H,22,23). The fourth-order valence-electron chi connectivity index (χ4n) is 4.29. The first-order valence-corrected chi connectivity index (χ1v) is 11.5. The number of likely N-dealkylation sites (tertiary alicyclic amines) is 1. The zero-order valence-corrected chi connectivity index (χ0v) is 16.7. The summed E-state index contributed by atoms with van der Waals surface area (Å²) >= 11 is 0. The Morgan fingerprint density at radius 1 is 1.03 bits per heavy atom. The highest BCUT2D eigenvalue weighted by atomic mass is 32.2. The summed E-state index contributed by atoms with van der Waals surface area (Å²) in [6.07, 6.45) is 2.43. The van der Waals surface area contributed by atoms with Gasteiger partial charge in [-0.15, -0.1) is 0 Å². The number of carbonyl (C=O) groups excluding carboxylic acids is 1. The molecule has 2 aromatic carbocycles. The molecule has 3 aromatic rings. The van der Waals surface area contributed by atoms with E-state index in [-0.39, 0.29) is 17.7 Å². The van der Waals surface area contributed by atoms with Gasteiger partial charge in [-0.05, 0) is 55.7 Å². The first kappa shape index (κ1) is 18.2. The summed E-state index contributed by atoms with van der Waals surface area (Å²) in [6, 6.07) is 14.7. The fourth-order valence-corrected chi connectivity index (χ4v) is 5.85. The van der Waals surface area contributed by atoms with Gasteiger partial charge in [0.25, 0.3) is 5.91 Å². The minimum Gasteiger partial charge on any atom is -0.340 e. The number of hydrogen-bond acceptors (Lipinski definition) is 4. The summed E-state index contributed by atoms with van der Waals surface area (Å²) in [4.78, 5) is 23.0. The number of aromatic nitrogens is 2. The van der Waals surface area contributed by atoms with E-state index < -0.39 is 10.0 Å². The highest BCUT2D eigenvalue weighted by Crippen LogP contribution is 2.33. The number of para-hydroxylation sites is 2. The third-order valence-corrected chi connectivity index (χ3v) is 7.61. The second kappa shape index (κ2) is 6.88. The van der Waals surface area contributed by atoms with Gasteiger partial charge in [-0.1, -0.05) is 12.1 Å². The average molecular weight is 410 g/mol. The highest BCUT2D eigenvalue weighted by molar-refractivity contribution is 7.93. The molecule has 3 heterocycles. The van der Waals surface area contributed by atoms with E-state index in [0.29, 0.717) is 30.8 Å². The summed E-state index contributed by atoms with van der Waals surface area (Å²) in [5.41, 5.74) is 3.05. The molecular weight excluding hydrogens is 388 g/mol. The van der Waals surface area contributed by atoms with Gasteiger partial charge in [0.05, 0.1) is 28.5 Å². The Balaban J connectivity index is 1.39. The van der Waals surface area contributed by atoms with Gasteiger partial charge in [0.1, 0.15) is 5.82 Å². The summed E-state index contributed by atoms with van der Waals surface area (Å²) < 4.78 is 25.6. The number of aromatic amines is 1. The molecule has 2 saturated heterocycles. The smallest absolute Gasteiger partial charge is 0.254 e. The topological polar surface area (TPSA) is 86.4 Å². The molecule has 1 aromatic heterocycles. The van der Waals surface area contributed by atoms with E-state index >= 15 is 0 Å². The predicted molar refractivity (Wildman–Crippen MR) is 111 cm³/mol. The number of hydrogen-bond donors (Lipinski definition) is 1. The molecule has 0 radical (unpaired) electrons. The first-order chi connectivity index (χ1) is 14.0. The quantitative estimate of drug-likeness (QED) is 0.719.